The van der Waals surface area contributed by atoms with Gasteiger partial charge in [-0.3, -0.25) is 0 Å². The number of unbranched alkanes of at least 4 members (excludes halogenated alkanes) is 2. The number of hydrogen-bond acceptors (Lipinski definition) is 0. The highest BCUT2D eigenvalue weighted by molar-refractivity contribution is 5.77. The number of benzene rings is 4. The van der Waals surface area contributed by atoms with Gasteiger partial charge in [0.1, 0.15) is 40.7 Å². The highest BCUT2D eigenvalue weighted by Gasteiger charge is 2.36. The summed E-state index contributed by atoms with van der Waals surface area (Å²) in [5, 5.41) is 0. The van der Waals surface area contributed by atoms with Crippen LogP contribution in [0.1, 0.15) is 37.3 Å². The summed E-state index contributed by atoms with van der Waals surface area (Å²) in [6.45, 7) is 4.64. The topological polar surface area (TPSA) is 0 Å². The Morgan fingerprint density at radius 2 is 1.05 bits per heavy atom. The molecular formula is C32H22F10. The van der Waals surface area contributed by atoms with Crippen molar-refractivity contribution in [2.45, 2.75) is 38.8 Å². The first-order valence-electron chi connectivity index (χ1n) is 12.8. The quantitative estimate of drug-likeness (QED) is 0.140. The third-order valence-corrected chi connectivity index (χ3v) is 6.76. The van der Waals surface area contributed by atoms with Gasteiger partial charge in [-0.25, -0.2) is 30.7 Å². The van der Waals surface area contributed by atoms with E-state index in [1.165, 1.54) is 12.1 Å². The van der Waals surface area contributed by atoms with Crippen molar-refractivity contribution in [2.75, 3.05) is 0 Å². The van der Waals surface area contributed by atoms with Gasteiger partial charge in [0.05, 0.1) is 22.3 Å². The van der Waals surface area contributed by atoms with Crippen LogP contribution in [0.3, 0.4) is 0 Å². The van der Waals surface area contributed by atoms with Gasteiger partial charge in [0.15, 0.2) is 0 Å². The van der Waals surface area contributed by atoms with E-state index < -0.39 is 80.3 Å². The summed E-state index contributed by atoms with van der Waals surface area (Å²) in [4.78, 5) is 0. The largest absolute Gasteiger partial charge is 0.416 e. The standard InChI is InChI=1S/C32H22F10/c1-3-4-5-6-17-7-8-21(22(33)9-17)18-10-25(36)30(26(37)11-18)20-14-27(38)31(28(39)15-20)19-12-23(34)29(24(35)13-19)16(2)32(40,41)42/h7-15H,2-6H2,1H3. The van der Waals surface area contributed by atoms with Crippen LogP contribution in [0.25, 0.3) is 39.0 Å². The maximum atomic E-state index is 15.1. The van der Waals surface area contributed by atoms with E-state index in [9.17, 15) is 26.3 Å². The fourth-order valence-electron chi connectivity index (χ4n) is 4.67. The van der Waals surface area contributed by atoms with Crippen LogP contribution in [0.4, 0.5) is 43.9 Å². The van der Waals surface area contributed by atoms with Crippen molar-refractivity contribution in [1.29, 1.82) is 0 Å². The second-order valence-electron chi connectivity index (χ2n) is 9.69. The van der Waals surface area contributed by atoms with E-state index in [0.717, 1.165) is 31.4 Å². The lowest BCUT2D eigenvalue weighted by atomic mass is 9.94. The highest BCUT2D eigenvalue weighted by atomic mass is 19.4. The van der Waals surface area contributed by atoms with Crippen LogP contribution in [0.5, 0.6) is 0 Å². The number of aryl methyl sites for hydroxylation is 1. The molecular weight excluding hydrogens is 574 g/mol. The van der Waals surface area contributed by atoms with Gasteiger partial charge in [0, 0.05) is 5.56 Å². The molecule has 4 rings (SSSR count). The minimum atomic E-state index is -5.17. The second-order valence-corrected chi connectivity index (χ2v) is 9.69. The lowest BCUT2D eigenvalue weighted by Gasteiger charge is -2.15. The smallest absolute Gasteiger partial charge is 0.206 e. The zero-order chi connectivity index (χ0) is 30.9. The summed E-state index contributed by atoms with van der Waals surface area (Å²) < 4.78 is 143. The summed E-state index contributed by atoms with van der Waals surface area (Å²) in [5.41, 5.74) is -6.20. The van der Waals surface area contributed by atoms with E-state index in [-0.39, 0.29) is 23.3 Å². The van der Waals surface area contributed by atoms with Gasteiger partial charge in [-0.15, -0.1) is 0 Å². The van der Waals surface area contributed by atoms with E-state index in [0.29, 0.717) is 24.1 Å². The Kier molecular flexibility index (Phi) is 8.84. The molecule has 0 spiro atoms. The first-order valence-corrected chi connectivity index (χ1v) is 12.8. The molecule has 0 aliphatic carbocycles. The molecule has 0 bridgehead atoms. The molecule has 0 heterocycles. The van der Waals surface area contributed by atoms with E-state index in [1.54, 1.807) is 6.07 Å². The predicted molar refractivity (Wildman–Crippen MR) is 141 cm³/mol. The van der Waals surface area contributed by atoms with Crippen molar-refractivity contribution >= 4 is 5.57 Å². The van der Waals surface area contributed by atoms with Crippen molar-refractivity contribution in [2.24, 2.45) is 0 Å². The molecule has 42 heavy (non-hydrogen) atoms. The molecule has 0 atom stereocenters. The molecule has 0 amide bonds. The second kappa shape index (κ2) is 12.0. The van der Waals surface area contributed by atoms with Gasteiger partial charge >= 0.3 is 6.18 Å². The molecule has 4 aromatic carbocycles. The van der Waals surface area contributed by atoms with Crippen LogP contribution in [-0.4, -0.2) is 6.18 Å². The van der Waals surface area contributed by atoms with Gasteiger partial charge < -0.3 is 0 Å². The number of hydrogen-bond donors (Lipinski definition) is 0. The third-order valence-electron chi connectivity index (χ3n) is 6.76. The molecule has 0 N–H and O–H groups in total. The summed E-state index contributed by atoms with van der Waals surface area (Å²) in [6.07, 6.45) is -1.75. The van der Waals surface area contributed by atoms with Crippen molar-refractivity contribution in [3.8, 4) is 33.4 Å². The Hall–Kier alpha value is -4.08. The molecule has 0 aromatic heterocycles. The van der Waals surface area contributed by atoms with Gasteiger partial charge in [-0.1, -0.05) is 38.5 Å². The summed E-state index contributed by atoms with van der Waals surface area (Å²) in [6, 6.07) is 7.47. The Morgan fingerprint density at radius 1 is 0.595 bits per heavy atom. The Balaban J connectivity index is 1.70. The Bertz CT molecular complexity index is 1600. The van der Waals surface area contributed by atoms with Crippen LogP contribution >= 0.6 is 0 Å². The third kappa shape index (κ3) is 6.22. The summed E-state index contributed by atoms with van der Waals surface area (Å²) in [5.74, 6) is -9.79. The zero-order valence-electron chi connectivity index (χ0n) is 22.0. The van der Waals surface area contributed by atoms with Gasteiger partial charge in [-0.2, -0.15) is 13.2 Å². The van der Waals surface area contributed by atoms with Crippen LogP contribution in [-0.2, 0) is 6.42 Å². The Labute approximate surface area is 234 Å². The number of halogens is 10. The first kappa shape index (κ1) is 30.9. The van der Waals surface area contributed by atoms with Crippen molar-refractivity contribution < 1.29 is 43.9 Å². The Morgan fingerprint density at radius 3 is 1.48 bits per heavy atom. The van der Waals surface area contributed by atoms with E-state index in [1.807, 2.05) is 6.92 Å². The monoisotopic (exact) mass is 596 g/mol. The first-order chi connectivity index (χ1) is 19.7. The van der Waals surface area contributed by atoms with E-state index in [4.69, 9.17) is 0 Å². The number of alkyl halides is 3. The van der Waals surface area contributed by atoms with Crippen molar-refractivity contribution in [3.63, 3.8) is 0 Å². The van der Waals surface area contributed by atoms with Gasteiger partial charge in [-0.05, 0) is 77.6 Å². The average Bonchev–Trinajstić information content (AvgIpc) is 2.87. The van der Waals surface area contributed by atoms with Crippen LogP contribution < -0.4 is 0 Å². The van der Waals surface area contributed by atoms with Crippen LogP contribution in [0.2, 0.25) is 0 Å². The van der Waals surface area contributed by atoms with E-state index >= 15 is 17.6 Å². The number of allylic oxidation sites excluding steroid dienone is 1. The molecule has 220 valence electrons. The van der Waals surface area contributed by atoms with Crippen molar-refractivity contribution in [1.82, 2.24) is 0 Å². The average molecular weight is 597 g/mol. The fraction of sp³-hybridized carbons (Fsp3) is 0.188. The minimum Gasteiger partial charge on any atom is -0.206 e. The van der Waals surface area contributed by atoms with Crippen molar-refractivity contribution in [3.05, 3.63) is 113 Å². The predicted octanol–water partition coefficient (Wildman–Crippen LogP) is 11.0. The highest BCUT2D eigenvalue weighted by Crippen LogP contribution is 2.39. The normalized spacial score (nSPS) is 11.7. The summed E-state index contributed by atoms with van der Waals surface area (Å²) >= 11 is 0. The van der Waals surface area contributed by atoms with E-state index in [2.05, 4.69) is 6.58 Å². The van der Waals surface area contributed by atoms with Gasteiger partial charge in [0.25, 0.3) is 0 Å². The maximum absolute atomic E-state index is 15.1. The minimum absolute atomic E-state index is 0.0907. The van der Waals surface area contributed by atoms with Gasteiger partial charge in [0.2, 0.25) is 0 Å². The molecule has 0 aliphatic rings. The molecule has 0 aliphatic heterocycles. The molecule has 0 saturated heterocycles. The lowest BCUT2D eigenvalue weighted by molar-refractivity contribution is -0.0690. The molecule has 0 unspecified atom stereocenters. The molecule has 10 heteroatoms. The molecule has 0 radical (unpaired) electrons. The maximum Gasteiger partial charge on any atom is 0.416 e. The fourth-order valence-corrected chi connectivity index (χ4v) is 4.67. The molecule has 0 nitrogen and oxygen atoms in total. The number of rotatable bonds is 8. The molecule has 4 aromatic rings. The summed E-state index contributed by atoms with van der Waals surface area (Å²) in [7, 11) is 0. The lowest BCUT2D eigenvalue weighted by Crippen LogP contribution is -2.12. The van der Waals surface area contributed by atoms with Crippen LogP contribution in [0.15, 0.2) is 61.2 Å². The molecule has 0 fully saturated rings. The zero-order valence-corrected chi connectivity index (χ0v) is 22.0. The molecule has 0 saturated carbocycles. The van der Waals surface area contributed by atoms with Crippen LogP contribution in [0, 0.1) is 40.7 Å². The SMILES string of the molecule is C=C(c1c(F)cc(-c2c(F)cc(-c3c(F)cc(-c4ccc(CCCCC)cc4F)cc3F)cc2F)cc1F)C(F)(F)F.